The summed E-state index contributed by atoms with van der Waals surface area (Å²) >= 11 is 0. The number of hydroxylamine groups is 2. The second kappa shape index (κ2) is 8.51. The number of carbonyl (C=O) groups is 1. The van der Waals surface area contributed by atoms with Gasteiger partial charge < -0.3 is 9.67 Å². The number of hydrogen-bond donors (Lipinski definition) is 1. The standard InChI is InChI=1S/C23H34N4O5/c1-15(2)10-26-17-12-25(11-16-8-6-5-7-9-16)19(18(17)20(28)24(4)22(26)30)21(29)27-13-23(3,31)14-32-27/h12,15-16,31H,5-11,13-14H2,1-4H3. The second-order valence-corrected chi connectivity index (χ2v) is 10.2. The number of aliphatic hydroxyl groups is 1. The van der Waals surface area contributed by atoms with E-state index in [0.29, 0.717) is 24.5 Å². The molecule has 1 amide bonds. The summed E-state index contributed by atoms with van der Waals surface area (Å²) in [6, 6.07) is 0. The van der Waals surface area contributed by atoms with Crippen LogP contribution in [0.4, 0.5) is 0 Å². The van der Waals surface area contributed by atoms with E-state index in [9.17, 15) is 19.5 Å². The van der Waals surface area contributed by atoms with Crippen molar-refractivity contribution >= 4 is 16.8 Å². The van der Waals surface area contributed by atoms with Crippen LogP contribution in [-0.2, 0) is 25.0 Å². The van der Waals surface area contributed by atoms with Crippen molar-refractivity contribution in [2.24, 2.45) is 18.9 Å². The molecule has 3 heterocycles. The highest BCUT2D eigenvalue weighted by molar-refractivity contribution is 6.05. The van der Waals surface area contributed by atoms with Gasteiger partial charge in [0.2, 0.25) is 0 Å². The van der Waals surface area contributed by atoms with Crippen molar-refractivity contribution in [3.63, 3.8) is 0 Å². The Morgan fingerprint density at radius 2 is 1.94 bits per heavy atom. The highest BCUT2D eigenvalue weighted by atomic mass is 16.7. The molecule has 1 N–H and O–H groups in total. The fourth-order valence-corrected chi connectivity index (χ4v) is 4.93. The number of nitrogens with zero attached hydrogens (tertiary/aromatic N) is 4. The summed E-state index contributed by atoms with van der Waals surface area (Å²) in [4.78, 5) is 45.2. The number of hydrogen-bond acceptors (Lipinski definition) is 5. The molecule has 1 aliphatic heterocycles. The van der Waals surface area contributed by atoms with Gasteiger partial charge in [-0.05, 0) is 31.6 Å². The lowest BCUT2D eigenvalue weighted by atomic mass is 9.89. The number of rotatable bonds is 5. The average molecular weight is 447 g/mol. The van der Waals surface area contributed by atoms with Crippen molar-refractivity contribution < 1.29 is 14.7 Å². The van der Waals surface area contributed by atoms with Crippen molar-refractivity contribution in [1.82, 2.24) is 18.8 Å². The molecule has 176 valence electrons. The molecule has 2 fully saturated rings. The van der Waals surface area contributed by atoms with Gasteiger partial charge in [0.05, 0.1) is 17.4 Å². The van der Waals surface area contributed by atoms with E-state index in [1.165, 1.54) is 13.5 Å². The molecule has 1 saturated carbocycles. The molecule has 1 aliphatic carbocycles. The molecule has 9 nitrogen and oxygen atoms in total. The molecule has 1 saturated heterocycles. The van der Waals surface area contributed by atoms with Gasteiger partial charge in [-0.25, -0.2) is 9.86 Å². The minimum atomic E-state index is -1.14. The molecule has 0 radical (unpaired) electrons. The first-order valence-electron chi connectivity index (χ1n) is 11.6. The minimum Gasteiger partial charge on any atom is -0.386 e. The highest BCUT2D eigenvalue weighted by Crippen LogP contribution is 2.29. The van der Waals surface area contributed by atoms with E-state index in [1.54, 1.807) is 17.7 Å². The Kier molecular flexibility index (Phi) is 6.06. The molecule has 32 heavy (non-hydrogen) atoms. The Hall–Kier alpha value is -2.39. The van der Waals surface area contributed by atoms with Gasteiger partial charge in [0.15, 0.2) is 0 Å². The van der Waals surface area contributed by atoms with Gasteiger partial charge in [-0.1, -0.05) is 33.1 Å². The Labute approximate surface area is 187 Å². The molecule has 2 aromatic heterocycles. The van der Waals surface area contributed by atoms with E-state index >= 15 is 0 Å². The predicted octanol–water partition coefficient (Wildman–Crippen LogP) is 1.88. The molecule has 9 heteroatoms. The van der Waals surface area contributed by atoms with Gasteiger partial charge in [0, 0.05) is 26.3 Å². The number of fused-ring (bicyclic) bond motifs is 1. The third kappa shape index (κ3) is 4.15. The fraction of sp³-hybridized carbons (Fsp3) is 0.696. The van der Waals surface area contributed by atoms with Crippen LogP contribution in [0.2, 0.25) is 0 Å². The normalized spacial score (nSPS) is 22.4. The predicted molar refractivity (Wildman–Crippen MR) is 120 cm³/mol. The van der Waals surface area contributed by atoms with E-state index in [-0.39, 0.29) is 35.8 Å². The summed E-state index contributed by atoms with van der Waals surface area (Å²) in [7, 11) is 1.45. The first-order valence-corrected chi connectivity index (χ1v) is 11.6. The maximum atomic E-state index is 13.6. The molecule has 2 aliphatic rings. The highest BCUT2D eigenvalue weighted by Gasteiger charge is 2.38. The molecular weight excluding hydrogens is 412 g/mol. The summed E-state index contributed by atoms with van der Waals surface area (Å²) in [5, 5.41) is 11.7. The zero-order valence-corrected chi connectivity index (χ0v) is 19.5. The van der Waals surface area contributed by atoms with Gasteiger partial charge in [-0.15, -0.1) is 0 Å². The third-order valence-electron chi connectivity index (χ3n) is 6.56. The molecule has 1 atom stereocenters. The average Bonchev–Trinajstić information content (AvgIpc) is 3.29. The monoisotopic (exact) mass is 446 g/mol. The van der Waals surface area contributed by atoms with Crippen LogP contribution < -0.4 is 11.2 Å². The topological polar surface area (TPSA) is 98.7 Å². The van der Waals surface area contributed by atoms with Gasteiger partial charge in [-0.3, -0.25) is 23.6 Å². The lowest BCUT2D eigenvalue weighted by Gasteiger charge is -2.24. The van der Waals surface area contributed by atoms with Gasteiger partial charge in [0.25, 0.3) is 11.5 Å². The van der Waals surface area contributed by atoms with Crippen LogP contribution >= 0.6 is 0 Å². The Morgan fingerprint density at radius 3 is 2.53 bits per heavy atom. The van der Waals surface area contributed by atoms with Crippen molar-refractivity contribution in [3.8, 4) is 0 Å². The largest absolute Gasteiger partial charge is 0.386 e. The molecular formula is C23H34N4O5. The van der Waals surface area contributed by atoms with Gasteiger partial charge in [-0.2, -0.15) is 0 Å². The molecule has 4 rings (SSSR count). The zero-order valence-electron chi connectivity index (χ0n) is 19.5. The van der Waals surface area contributed by atoms with Crippen LogP contribution in [-0.4, -0.2) is 48.5 Å². The van der Waals surface area contributed by atoms with E-state index in [0.717, 1.165) is 35.3 Å². The maximum absolute atomic E-state index is 13.6. The Morgan fingerprint density at radius 1 is 1.25 bits per heavy atom. The Bertz CT molecular complexity index is 1130. The number of carbonyl (C=O) groups excluding carboxylic acids is 1. The summed E-state index contributed by atoms with van der Waals surface area (Å²) < 4.78 is 4.51. The number of aromatic nitrogens is 3. The van der Waals surface area contributed by atoms with Crippen LogP contribution in [0.15, 0.2) is 15.8 Å². The van der Waals surface area contributed by atoms with Crippen molar-refractivity contribution in [3.05, 3.63) is 32.7 Å². The number of β-amino-alcohol motifs (C(OH)–C–C–N with tert-alkyl or cyclic N) is 1. The molecule has 0 bridgehead atoms. The van der Waals surface area contributed by atoms with Crippen LogP contribution in [0.25, 0.3) is 10.9 Å². The SMILES string of the molecule is CC(C)Cn1c(=O)n(C)c(=O)c2c(C(=O)N3CC(C)(O)CO3)n(CC3CCCCC3)cc21. The third-order valence-corrected chi connectivity index (χ3v) is 6.56. The minimum absolute atomic E-state index is 0.00999. The first-order chi connectivity index (χ1) is 15.1. The van der Waals surface area contributed by atoms with E-state index in [1.807, 2.05) is 18.4 Å². The molecule has 2 aromatic rings. The van der Waals surface area contributed by atoms with Crippen LogP contribution in [0.1, 0.15) is 63.4 Å². The maximum Gasteiger partial charge on any atom is 0.331 e. The van der Waals surface area contributed by atoms with Crippen molar-refractivity contribution in [2.45, 2.75) is 71.6 Å². The lowest BCUT2D eigenvalue weighted by molar-refractivity contribution is -0.0802. The summed E-state index contributed by atoms with van der Waals surface area (Å²) in [6.45, 7) is 6.71. The van der Waals surface area contributed by atoms with Crippen LogP contribution in [0.3, 0.4) is 0 Å². The smallest absolute Gasteiger partial charge is 0.331 e. The number of amides is 1. The van der Waals surface area contributed by atoms with Gasteiger partial charge >= 0.3 is 5.69 Å². The van der Waals surface area contributed by atoms with Crippen LogP contribution in [0, 0.1) is 11.8 Å². The Balaban J connectivity index is 1.90. The second-order valence-electron chi connectivity index (χ2n) is 10.2. The summed E-state index contributed by atoms with van der Waals surface area (Å²) in [6.07, 6.45) is 7.48. The molecule has 0 spiro atoms. The summed E-state index contributed by atoms with van der Waals surface area (Å²) in [5.41, 5.74) is -1.29. The van der Waals surface area contributed by atoms with Crippen LogP contribution in [0.5, 0.6) is 0 Å². The lowest BCUT2D eigenvalue weighted by Crippen LogP contribution is -2.40. The summed E-state index contributed by atoms with van der Waals surface area (Å²) in [5.74, 6) is 0.139. The fourth-order valence-electron chi connectivity index (χ4n) is 4.93. The van der Waals surface area contributed by atoms with Crippen molar-refractivity contribution in [2.75, 3.05) is 13.2 Å². The van der Waals surface area contributed by atoms with E-state index in [4.69, 9.17) is 4.84 Å². The quantitative estimate of drug-likeness (QED) is 0.756. The van der Waals surface area contributed by atoms with Crippen molar-refractivity contribution in [1.29, 1.82) is 0 Å². The first kappa shape index (κ1) is 22.8. The van der Waals surface area contributed by atoms with E-state index < -0.39 is 17.1 Å². The molecule has 0 aromatic carbocycles. The van der Waals surface area contributed by atoms with E-state index in [2.05, 4.69) is 0 Å². The van der Waals surface area contributed by atoms with Gasteiger partial charge in [0.1, 0.15) is 17.9 Å². The molecule has 1 unspecified atom stereocenters. The zero-order chi connectivity index (χ0) is 23.2.